The zero-order chi connectivity index (χ0) is 27.8. The summed E-state index contributed by atoms with van der Waals surface area (Å²) in [7, 11) is 1.54. The van der Waals surface area contributed by atoms with Gasteiger partial charge in [0.15, 0.2) is 23.8 Å². The van der Waals surface area contributed by atoms with Crippen LogP contribution in [0.5, 0.6) is 11.6 Å². The minimum atomic E-state index is -0.743. The van der Waals surface area contributed by atoms with Crippen LogP contribution in [0.1, 0.15) is 11.4 Å². The van der Waals surface area contributed by atoms with Gasteiger partial charge in [-0.2, -0.15) is 0 Å². The molecule has 1 fully saturated rings. The topological polar surface area (TPSA) is 130 Å². The zero-order valence-corrected chi connectivity index (χ0v) is 22.5. The number of fused-ring (bicyclic) bond motifs is 2. The summed E-state index contributed by atoms with van der Waals surface area (Å²) in [5, 5.41) is 3.23. The first-order valence-electron chi connectivity index (χ1n) is 12.3. The fourth-order valence-corrected chi connectivity index (χ4v) is 5.28. The Balaban J connectivity index is 1.23. The van der Waals surface area contributed by atoms with Crippen LogP contribution in [0.4, 0.5) is 14.9 Å². The van der Waals surface area contributed by atoms with Crippen LogP contribution in [-0.2, 0) is 9.47 Å². The molecular formula is C27H23FN6O5S. The summed E-state index contributed by atoms with van der Waals surface area (Å²) in [6.07, 6.45) is 2.33. The van der Waals surface area contributed by atoms with Gasteiger partial charge < -0.3 is 18.9 Å². The van der Waals surface area contributed by atoms with E-state index in [0.717, 1.165) is 15.8 Å². The molecule has 3 aromatic heterocycles. The number of aryl methyl sites for hydroxylation is 2. The number of ether oxygens (including phenoxy) is 4. The summed E-state index contributed by atoms with van der Waals surface area (Å²) < 4.78 is 37.9. The van der Waals surface area contributed by atoms with Crippen LogP contribution < -0.4 is 14.8 Å². The van der Waals surface area contributed by atoms with Gasteiger partial charge in [0.05, 0.1) is 65.9 Å². The number of aromatic nitrogens is 5. The third-order valence-corrected chi connectivity index (χ3v) is 7.24. The number of hydrogen-bond donors (Lipinski definition) is 1. The van der Waals surface area contributed by atoms with Gasteiger partial charge in [-0.05, 0) is 31.5 Å². The van der Waals surface area contributed by atoms with E-state index in [2.05, 4.69) is 30.2 Å². The van der Waals surface area contributed by atoms with Gasteiger partial charge in [0.2, 0.25) is 5.88 Å². The van der Waals surface area contributed by atoms with Crippen LogP contribution >= 0.6 is 11.3 Å². The summed E-state index contributed by atoms with van der Waals surface area (Å²) in [4.78, 5) is 34.1. The van der Waals surface area contributed by atoms with Crippen molar-refractivity contribution >= 4 is 44.4 Å². The Hall–Kier alpha value is -4.49. The van der Waals surface area contributed by atoms with E-state index in [9.17, 15) is 4.79 Å². The van der Waals surface area contributed by atoms with Gasteiger partial charge in [-0.25, -0.2) is 34.1 Å². The number of amides is 1. The van der Waals surface area contributed by atoms with Crippen molar-refractivity contribution in [1.82, 2.24) is 24.9 Å². The van der Waals surface area contributed by atoms with Gasteiger partial charge in [0.25, 0.3) is 0 Å². The summed E-state index contributed by atoms with van der Waals surface area (Å²) in [6.45, 7) is 3.94. The first-order chi connectivity index (χ1) is 19.4. The highest BCUT2D eigenvalue weighted by molar-refractivity contribution is 7.21. The van der Waals surface area contributed by atoms with Gasteiger partial charge >= 0.3 is 6.09 Å². The molecule has 1 amide bonds. The Bertz CT molecular complexity index is 1730. The number of halogens is 1. The average molecular weight is 563 g/mol. The predicted molar refractivity (Wildman–Crippen MR) is 145 cm³/mol. The van der Waals surface area contributed by atoms with E-state index < -0.39 is 24.1 Å². The molecule has 2 aromatic carbocycles. The molecule has 11 nitrogen and oxygen atoms in total. The molecule has 0 unspecified atom stereocenters. The second kappa shape index (κ2) is 10.6. The van der Waals surface area contributed by atoms with Gasteiger partial charge in [-0.15, -0.1) is 11.3 Å². The third-order valence-electron chi connectivity index (χ3n) is 6.19. The third kappa shape index (κ3) is 5.20. The Morgan fingerprint density at radius 3 is 2.62 bits per heavy atom. The number of benzene rings is 2. The van der Waals surface area contributed by atoms with Crippen molar-refractivity contribution in [1.29, 1.82) is 0 Å². The largest absolute Gasteiger partial charge is 0.481 e. The molecule has 0 spiro atoms. The second-order valence-corrected chi connectivity index (χ2v) is 10.2. The van der Waals surface area contributed by atoms with E-state index in [-0.39, 0.29) is 19.0 Å². The van der Waals surface area contributed by atoms with Crippen molar-refractivity contribution in [2.24, 2.45) is 0 Å². The smallest absolute Gasteiger partial charge is 0.412 e. The van der Waals surface area contributed by atoms with Crippen LogP contribution in [0.15, 0.2) is 42.9 Å². The second-order valence-electron chi connectivity index (χ2n) is 9.14. The summed E-state index contributed by atoms with van der Waals surface area (Å²) in [5.41, 5.74) is 3.98. The molecule has 40 heavy (non-hydrogen) atoms. The van der Waals surface area contributed by atoms with Crippen molar-refractivity contribution in [3.05, 3.63) is 60.1 Å². The number of carbonyl (C=O) groups is 1. The molecule has 0 radical (unpaired) electrons. The average Bonchev–Trinajstić information content (AvgIpc) is 3.55. The molecule has 204 valence electrons. The molecule has 6 rings (SSSR count). The number of anilines is 1. The molecule has 1 aliphatic rings. The molecule has 1 aliphatic heterocycles. The maximum atomic E-state index is 15.1. The molecule has 2 atom stereocenters. The molecule has 13 heteroatoms. The zero-order valence-electron chi connectivity index (χ0n) is 21.7. The first-order valence-corrected chi connectivity index (χ1v) is 13.1. The highest BCUT2D eigenvalue weighted by Gasteiger charge is 2.34. The quantitative estimate of drug-likeness (QED) is 0.306. The SMILES string of the molecule is COc1cnc2c(-c3nc4cc(F)c(O[C@H]5COC[C@H]5OC(=O)Nc5cnc(C)nc5)cc4s3)cc(C)cc2n1. The van der Waals surface area contributed by atoms with E-state index in [4.69, 9.17) is 18.9 Å². The van der Waals surface area contributed by atoms with Crippen molar-refractivity contribution in [3.63, 3.8) is 0 Å². The Morgan fingerprint density at radius 1 is 1.02 bits per heavy atom. The monoisotopic (exact) mass is 562 g/mol. The highest BCUT2D eigenvalue weighted by atomic mass is 32.1. The number of rotatable bonds is 6. The number of thiazole rings is 1. The molecule has 5 aromatic rings. The lowest BCUT2D eigenvalue weighted by Gasteiger charge is -2.20. The van der Waals surface area contributed by atoms with E-state index in [0.29, 0.717) is 38.9 Å². The van der Waals surface area contributed by atoms with Crippen molar-refractivity contribution in [3.8, 4) is 22.2 Å². The Kier molecular flexibility index (Phi) is 6.82. The fourth-order valence-electron chi connectivity index (χ4n) is 4.28. The van der Waals surface area contributed by atoms with Gasteiger partial charge in [0, 0.05) is 17.7 Å². The number of nitrogens with zero attached hydrogens (tertiary/aromatic N) is 5. The molecule has 0 aliphatic carbocycles. The van der Waals surface area contributed by atoms with Gasteiger partial charge in [0.1, 0.15) is 10.8 Å². The standard InChI is InChI=1S/C27H23FN6O5S/c1-13-4-16(25-19(5-13)33-24(36-3)10-31-25)26-34-18-6-17(28)20(7-23(18)40-26)38-21-11-37-12-22(21)39-27(35)32-15-8-29-14(2)30-9-15/h4-10,21-22H,11-12H2,1-3H3,(H,32,35)/t21-,22+/m0/s1. The predicted octanol–water partition coefficient (Wildman–Crippen LogP) is 4.86. The lowest BCUT2D eigenvalue weighted by atomic mass is 10.1. The highest BCUT2D eigenvalue weighted by Crippen LogP contribution is 2.37. The number of methoxy groups -OCH3 is 1. The minimum Gasteiger partial charge on any atom is -0.481 e. The van der Waals surface area contributed by atoms with Gasteiger partial charge in [-0.3, -0.25) is 5.32 Å². The van der Waals surface area contributed by atoms with Crippen molar-refractivity contribution < 1.29 is 28.1 Å². The van der Waals surface area contributed by atoms with E-state index in [1.54, 1.807) is 19.2 Å². The van der Waals surface area contributed by atoms with E-state index in [1.165, 1.54) is 36.9 Å². The maximum absolute atomic E-state index is 15.1. The molecular weight excluding hydrogens is 539 g/mol. The molecule has 0 saturated carbocycles. The molecule has 4 heterocycles. The fraction of sp³-hybridized carbons (Fsp3) is 0.259. The molecule has 1 N–H and O–H groups in total. The lowest BCUT2D eigenvalue weighted by Crippen LogP contribution is -2.35. The molecule has 1 saturated heterocycles. The lowest BCUT2D eigenvalue weighted by molar-refractivity contribution is 0.0498. The number of nitrogens with one attached hydrogen (secondary N) is 1. The minimum absolute atomic E-state index is 0.0118. The van der Waals surface area contributed by atoms with Crippen LogP contribution in [-0.4, -0.2) is 63.5 Å². The van der Waals surface area contributed by atoms with E-state index in [1.807, 2.05) is 19.1 Å². The van der Waals surface area contributed by atoms with Crippen LogP contribution in [0.25, 0.3) is 31.8 Å². The molecule has 0 bridgehead atoms. The van der Waals surface area contributed by atoms with Crippen LogP contribution in [0, 0.1) is 19.7 Å². The number of carbonyl (C=O) groups excluding carboxylic acids is 1. The van der Waals surface area contributed by atoms with E-state index >= 15 is 4.39 Å². The Labute approximate surface area is 231 Å². The summed E-state index contributed by atoms with van der Waals surface area (Å²) >= 11 is 1.38. The normalized spacial score (nSPS) is 16.8. The summed E-state index contributed by atoms with van der Waals surface area (Å²) in [5.74, 6) is 0.412. The van der Waals surface area contributed by atoms with Crippen molar-refractivity contribution in [2.75, 3.05) is 25.6 Å². The number of hydrogen-bond acceptors (Lipinski definition) is 11. The van der Waals surface area contributed by atoms with Crippen LogP contribution in [0.3, 0.4) is 0 Å². The Morgan fingerprint density at radius 2 is 1.82 bits per heavy atom. The maximum Gasteiger partial charge on any atom is 0.412 e. The van der Waals surface area contributed by atoms with Gasteiger partial charge in [-0.1, -0.05) is 0 Å². The van der Waals surface area contributed by atoms with Crippen molar-refractivity contribution in [2.45, 2.75) is 26.1 Å². The summed E-state index contributed by atoms with van der Waals surface area (Å²) in [6, 6.07) is 6.82. The first kappa shape index (κ1) is 25.8. The van der Waals surface area contributed by atoms with Crippen LogP contribution in [0.2, 0.25) is 0 Å².